The second-order valence-electron chi connectivity index (χ2n) is 3.88. The van der Waals surface area contributed by atoms with Crippen LogP contribution in [0.4, 0.5) is 0 Å². The molecule has 2 rings (SSSR count). The zero-order valence-electron chi connectivity index (χ0n) is 11.6. The topological polar surface area (TPSA) is 121 Å². The molecule has 1 atom stereocenters. The van der Waals surface area contributed by atoms with E-state index < -0.39 is 23.9 Å². The maximum atomic E-state index is 11.9. The van der Waals surface area contributed by atoms with Crippen LogP contribution in [-0.2, 0) is 14.6 Å². The summed E-state index contributed by atoms with van der Waals surface area (Å²) in [5, 5.41) is 0. The van der Waals surface area contributed by atoms with Crippen molar-refractivity contribution in [3.8, 4) is 5.75 Å². The average molecular weight is 351 g/mol. The monoisotopic (exact) mass is 351 g/mol. The van der Waals surface area contributed by atoms with E-state index in [2.05, 4.69) is 9.97 Å². The molecule has 0 aromatic carbocycles. The smallest absolute Gasteiger partial charge is 0.768 e. The third-order valence-electron chi connectivity index (χ3n) is 2.29. The van der Waals surface area contributed by atoms with Crippen molar-refractivity contribution < 1.29 is 52.0 Å². The minimum Gasteiger partial charge on any atom is -0.768 e. The minimum atomic E-state index is -4.42. The summed E-state index contributed by atoms with van der Waals surface area (Å²) in [4.78, 5) is 19.0. The molecular formula is C11H11N3NaO5PS. The summed E-state index contributed by atoms with van der Waals surface area (Å²) >= 11 is 0. The molecule has 0 aliphatic heterocycles. The first kappa shape index (κ1) is 19.2. The fourth-order valence-corrected chi connectivity index (χ4v) is 3.79. The molecule has 0 spiro atoms. The SMILES string of the molecule is O=P([O-])(CNS(=O)(=O)c1cccnc1)Oc1ccncc1.[Na+]. The van der Waals surface area contributed by atoms with Gasteiger partial charge in [0.05, 0.1) is 6.29 Å². The number of pyridine rings is 2. The zero-order valence-corrected chi connectivity index (χ0v) is 15.3. The van der Waals surface area contributed by atoms with Crippen molar-refractivity contribution in [1.29, 1.82) is 0 Å². The van der Waals surface area contributed by atoms with Crippen molar-refractivity contribution in [2.24, 2.45) is 0 Å². The molecule has 0 bridgehead atoms. The molecule has 0 aliphatic rings. The Kier molecular flexibility index (Phi) is 7.14. The van der Waals surface area contributed by atoms with Gasteiger partial charge in [0.1, 0.15) is 10.6 Å². The minimum absolute atomic E-state index is 0. The first-order valence-electron chi connectivity index (χ1n) is 5.68. The number of hydrogen-bond acceptors (Lipinski definition) is 7. The van der Waals surface area contributed by atoms with Crippen LogP contribution in [0.2, 0.25) is 0 Å². The van der Waals surface area contributed by atoms with Crippen LogP contribution in [0.1, 0.15) is 0 Å². The van der Waals surface area contributed by atoms with Crippen molar-refractivity contribution in [3.05, 3.63) is 49.1 Å². The fourth-order valence-electron chi connectivity index (χ4n) is 1.35. The Labute approximate surface area is 149 Å². The van der Waals surface area contributed by atoms with E-state index >= 15 is 0 Å². The van der Waals surface area contributed by atoms with Crippen molar-refractivity contribution >= 4 is 17.6 Å². The normalized spacial score (nSPS) is 13.7. The maximum absolute atomic E-state index is 11.9. The van der Waals surface area contributed by atoms with Gasteiger partial charge in [-0.1, -0.05) is 0 Å². The van der Waals surface area contributed by atoms with Gasteiger partial charge in [-0.05, 0) is 24.3 Å². The van der Waals surface area contributed by atoms with E-state index in [1.165, 1.54) is 42.9 Å². The van der Waals surface area contributed by atoms with Gasteiger partial charge in [0, 0.05) is 24.8 Å². The third kappa shape index (κ3) is 5.77. The Bertz CT molecular complexity index is 745. The number of rotatable bonds is 6. The molecule has 22 heavy (non-hydrogen) atoms. The number of sulfonamides is 1. The molecule has 1 unspecified atom stereocenters. The number of nitrogens with one attached hydrogen (secondary N) is 1. The maximum Gasteiger partial charge on any atom is 1.00 e. The predicted octanol–water partition coefficient (Wildman–Crippen LogP) is -2.65. The molecule has 0 saturated heterocycles. The average Bonchev–Trinajstić information content (AvgIpc) is 2.47. The van der Waals surface area contributed by atoms with Gasteiger partial charge in [-0.15, -0.1) is 0 Å². The van der Waals surface area contributed by atoms with E-state index in [-0.39, 0.29) is 40.2 Å². The van der Waals surface area contributed by atoms with E-state index in [0.29, 0.717) is 0 Å². The molecule has 0 amide bonds. The van der Waals surface area contributed by atoms with Crippen LogP contribution in [0.25, 0.3) is 0 Å². The fraction of sp³-hybridized carbons (Fsp3) is 0.0909. The summed E-state index contributed by atoms with van der Waals surface area (Å²) in [7, 11) is -8.38. The molecule has 2 heterocycles. The number of nitrogens with zero attached hydrogens (tertiary/aromatic N) is 2. The summed E-state index contributed by atoms with van der Waals surface area (Å²) in [5.41, 5.74) is 0. The number of hydrogen-bond donors (Lipinski definition) is 1. The van der Waals surface area contributed by atoms with Gasteiger partial charge in [0.25, 0.3) is 0 Å². The van der Waals surface area contributed by atoms with Gasteiger partial charge in [0.2, 0.25) is 10.0 Å². The van der Waals surface area contributed by atoms with Crippen molar-refractivity contribution in [1.82, 2.24) is 14.7 Å². The van der Waals surface area contributed by atoms with Crippen LogP contribution in [0, 0.1) is 0 Å². The summed E-state index contributed by atoms with van der Waals surface area (Å²) in [6, 6.07) is 5.42. The molecule has 0 aliphatic carbocycles. The Morgan fingerprint density at radius 2 is 1.86 bits per heavy atom. The van der Waals surface area contributed by atoms with Crippen LogP contribution < -0.4 is 43.7 Å². The Hall–Kier alpha value is -0.800. The van der Waals surface area contributed by atoms with Gasteiger partial charge in [0.15, 0.2) is 7.60 Å². The van der Waals surface area contributed by atoms with E-state index in [4.69, 9.17) is 4.52 Å². The molecule has 11 heteroatoms. The Morgan fingerprint density at radius 1 is 1.18 bits per heavy atom. The van der Waals surface area contributed by atoms with Gasteiger partial charge in [-0.2, -0.15) is 0 Å². The molecule has 8 nitrogen and oxygen atoms in total. The zero-order chi connectivity index (χ0) is 15.3. The van der Waals surface area contributed by atoms with Crippen LogP contribution in [-0.4, -0.2) is 24.7 Å². The summed E-state index contributed by atoms with van der Waals surface area (Å²) < 4.78 is 42.1. The van der Waals surface area contributed by atoms with E-state index in [9.17, 15) is 17.9 Å². The quantitative estimate of drug-likeness (QED) is 0.446. The van der Waals surface area contributed by atoms with Crippen LogP contribution >= 0.6 is 7.60 Å². The van der Waals surface area contributed by atoms with Gasteiger partial charge < -0.3 is 9.42 Å². The van der Waals surface area contributed by atoms with Gasteiger partial charge >= 0.3 is 29.6 Å². The second-order valence-corrected chi connectivity index (χ2v) is 7.37. The van der Waals surface area contributed by atoms with E-state index in [1.807, 2.05) is 4.72 Å². The van der Waals surface area contributed by atoms with Gasteiger partial charge in [-0.3, -0.25) is 14.5 Å². The largest absolute Gasteiger partial charge is 1.00 e. The summed E-state index contributed by atoms with van der Waals surface area (Å²) in [5.74, 6) is 0.0592. The Morgan fingerprint density at radius 3 is 2.45 bits per heavy atom. The molecule has 0 saturated carbocycles. The summed E-state index contributed by atoms with van der Waals surface area (Å²) in [6.07, 6.45) is 4.36. The molecule has 2 aromatic heterocycles. The Balaban J connectivity index is 0.00000242. The van der Waals surface area contributed by atoms with Crippen molar-refractivity contribution in [3.63, 3.8) is 0 Å². The standard InChI is InChI=1S/C11H12N3O5PS.Na/c15-20(16,19-10-3-6-12-7-4-10)9-14-21(17,18)11-2-1-5-13-8-11;/h1-8,14H,9H2,(H,15,16);/q;+1/p-1. The van der Waals surface area contributed by atoms with E-state index in [0.717, 1.165) is 6.20 Å². The molecule has 0 radical (unpaired) electrons. The molecular weight excluding hydrogens is 340 g/mol. The molecule has 0 fully saturated rings. The number of aromatic nitrogens is 2. The van der Waals surface area contributed by atoms with Crippen LogP contribution in [0.15, 0.2) is 53.9 Å². The third-order valence-corrected chi connectivity index (χ3v) is 4.92. The van der Waals surface area contributed by atoms with E-state index in [1.54, 1.807) is 0 Å². The van der Waals surface area contributed by atoms with Crippen molar-refractivity contribution in [2.45, 2.75) is 4.90 Å². The van der Waals surface area contributed by atoms with Crippen molar-refractivity contribution in [2.75, 3.05) is 6.29 Å². The van der Waals surface area contributed by atoms with Crippen LogP contribution in [0.3, 0.4) is 0 Å². The molecule has 2 aromatic rings. The first-order valence-corrected chi connectivity index (χ1v) is 8.90. The summed E-state index contributed by atoms with van der Waals surface area (Å²) in [6.45, 7) is 0. The van der Waals surface area contributed by atoms with Gasteiger partial charge in [-0.25, -0.2) is 13.1 Å². The molecule has 1 N–H and O–H groups in total. The second kappa shape index (κ2) is 8.16. The van der Waals surface area contributed by atoms with Crippen LogP contribution in [0.5, 0.6) is 5.75 Å². The molecule has 112 valence electrons. The first-order chi connectivity index (χ1) is 9.89. The predicted molar refractivity (Wildman–Crippen MR) is 71.9 cm³/mol.